The van der Waals surface area contributed by atoms with Gasteiger partial charge in [-0.3, -0.25) is 0 Å². The lowest BCUT2D eigenvalue weighted by Gasteiger charge is -2.22. The molecule has 1 aliphatic rings. The highest BCUT2D eigenvalue weighted by molar-refractivity contribution is 9.10. The predicted molar refractivity (Wildman–Crippen MR) is 69.8 cm³/mol. The second-order valence-electron chi connectivity index (χ2n) is 4.49. The Kier molecular flexibility index (Phi) is 3.87. The lowest BCUT2D eigenvalue weighted by molar-refractivity contribution is 0.314. The zero-order valence-corrected chi connectivity index (χ0v) is 11.2. The summed E-state index contributed by atoms with van der Waals surface area (Å²) in [6.07, 6.45) is 2.28. The monoisotopic (exact) mass is 283 g/mol. The van der Waals surface area contributed by atoms with Gasteiger partial charge in [0, 0.05) is 4.47 Å². The van der Waals surface area contributed by atoms with Crippen LogP contribution in [-0.4, -0.2) is 13.2 Å². The molecule has 0 bridgehead atoms. The van der Waals surface area contributed by atoms with Crippen LogP contribution in [0.4, 0.5) is 0 Å². The van der Waals surface area contributed by atoms with E-state index >= 15 is 0 Å². The van der Waals surface area contributed by atoms with E-state index in [4.69, 9.17) is 10.5 Å². The summed E-state index contributed by atoms with van der Waals surface area (Å²) in [6.45, 7) is 3.78. The van der Waals surface area contributed by atoms with Crippen molar-refractivity contribution in [1.29, 1.82) is 0 Å². The highest BCUT2D eigenvalue weighted by Crippen LogP contribution is 2.38. The minimum Gasteiger partial charge on any atom is -0.493 e. The van der Waals surface area contributed by atoms with E-state index in [2.05, 4.69) is 35.0 Å². The number of fused-ring (bicyclic) bond motifs is 1. The van der Waals surface area contributed by atoms with Gasteiger partial charge in [-0.1, -0.05) is 22.9 Å². The van der Waals surface area contributed by atoms with Crippen LogP contribution in [0.15, 0.2) is 22.7 Å². The molecule has 1 aromatic carbocycles. The van der Waals surface area contributed by atoms with Crippen LogP contribution in [0.3, 0.4) is 0 Å². The van der Waals surface area contributed by atoms with Gasteiger partial charge in [0.1, 0.15) is 5.75 Å². The molecule has 0 amide bonds. The van der Waals surface area contributed by atoms with E-state index in [9.17, 15) is 0 Å². The number of rotatable bonds is 2. The van der Waals surface area contributed by atoms with Crippen LogP contribution in [-0.2, 0) is 0 Å². The van der Waals surface area contributed by atoms with Crippen LogP contribution >= 0.6 is 15.9 Å². The van der Waals surface area contributed by atoms with Crippen molar-refractivity contribution in [2.45, 2.75) is 25.7 Å². The summed E-state index contributed by atoms with van der Waals surface area (Å²) in [5, 5.41) is 0. The molecule has 0 radical (unpaired) electrons. The average molecular weight is 284 g/mol. The summed E-state index contributed by atoms with van der Waals surface area (Å²) in [7, 11) is 0. The summed E-state index contributed by atoms with van der Waals surface area (Å²) in [4.78, 5) is 0. The molecule has 2 unspecified atom stereocenters. The van der Waals surface area contributed by atoms with E-state index in [0.29, 0.717) is 11.8 Å². The van der Waals surface area contributed by atoms with Crippen LogP contribution in [0.1, 0.15) is 31.2 Å². The normalized spacial score (nSPS) is 21.8. The van der Waals surface area contributed by atoms with Gasteiger partial charge in [-0.15, -0.1) is 0 Å². The van der Waals surface area contributed by atoms with Gasteiger partial charge in [-0.25, -0.2) is 0 Å². The molecule has 0 saturated carbocycles. The topological polar surface area (TPSA) is 35.2 Å². The molecule has 0 aliphatic carbocycles. The van der Waals surface area contributed by atoms with Crippen molar-refractivity contribution in [1.82, 2.24) is 0 Å². The number of benzene rings is 1. The summed E-state index contributed by atoms with van der Waals surface area (Å²) >= 11 is 3.53. The molecule has 2 N–H and O–H groups in total. The molecular formula is C13H18BrNO. The predicted octanol–water partition coefficient (Wildman–Crippen LogP) is 3.30. The Hall–Kier alpha value is -0.540. The number of nitrogens with two attached hydrogens (primary N) is 1. The van der Waals surface area contributed by atoms with Crippen LogP contribution in [0.2, 0.25) is 0 Å². The van der Waals surface area contributed by atoms with Gasteiger partial charge < -0.3 is 10.5 Å². The van der Waals surface area contributed by atoms with Gasteiger partial charge in [0.25, 0.3) is 0 Å². The third-order valence-corrected chi connectivity index (χ3v) is 3.84. The molecule has 0 fully saturated rings. The van der Waals surface area contributed by atoms with Crippen molar-refractivity contribution in [2.75, 3.05) is 13.2 Å². The molecule has 3 heteroatoms. The Labute approximate surface area is 105 Å². The fraction of sp³-hybridized carbons (Fsp3) is 0.538. The molecule has 0 saturated heterocycles. The van der Waals surface area contributed by atoms with Gasteiger partial charge in [-0.2, -0.15) is 0 Å². The molecule has 2 nitrogen and oxygen atoms in total. The van der Waals surface area contributed by atoms with E-state index in [-0.39, 0.29) is 0 Å². The largest absolute Gasteiger partial charge is 0.493 e. The van der Waals surface area contributed by atoms with Crippen molar-refractivity contribution in [3.63, 3.8) is 0 Å². The Balaban J connectivity index is 2.38. The quantitative estimate of drug-likeness (QED) is 0.904. The SMILES string of the molecule is CC(CN)C1CCCOc2ccc(Br)cc21. The van der Waals surface area contributed by atoms with E-state index in [1.165, 1.54) is 12.0 Å². The molecule has 1 aromatic rings. The van der Waals surface area contributed by atoms with Crippen molar-refractivity contribution in [3.8, 4) is 5.75 Å². The van der Waals surface area contributed by atoms with E-state index in [0.717, 1.165) is 29.8 Å². The van der Waals surface area contributed by atoms with E-state index < -0.39 is 0 Å². The summed E-state index contributed by atoms with van der Waals surface area (Å²) in [6, 6.07) is 6.27. The van der Waals surface area contributed by atoms with Gasteiger partial charge in [0.15, 0.2) is 0 Å². The summed E-state index contributed by atoms with van der Waals surface area (Å²) in [5.41, 5.74) is 7.11. The van der Waals surface area contributed by atoms with Gasteiger partial charge >= 0.3 is 0 Å². The molecule has 16 heavy (non-hydrogen) atoms. The highest BCUT2D eigenvalue weighted by Gasteiger charge is 2.24. The molecule has 2 rings (SSSR count). The summed E-state index contributed by atoms with van der Waals surface area (Å²) < 4.78 is 6.88. The van der Waals surface area contributed by atoms with Gasteiger partial charge in [0.2, 0.25) is 0 Å². The fourth-order valence-electron chi connectivity index (χ4n) is 2.34. The van der Waals surface area contributed by atoms with Crippen molar-refractivity contribution in [2.24, 2.45) is 11.7 Å². The molecule has 88 valence electrons. The van der Waals surface area contributed by atoms with Gasteiger partial charge in [0.05, 0.1) is 6.61 Å². The minimum atomic E-state index is 0.509. The number of ether oxygens (including phenoxy) is 1. The number of hydrogen-bond acceptors (Lipinski definition) is 2. The first-order chi connectivity index (χ1) is 7.72. The average Bonchev–Trinajstić information content (AvgIpc) is 2.50. The first-order valence-corrected chi connectivity index (χ1v) is 6.64. The van der Waals surface area contributed by atoms with Crippen molar-refractivity contribution < 1.29 is 4.74 Å². The second-order valence-corrected chi connectivity index (χ2v) is 5.41. The number of hydrogen-bond donors (Lipinski definition) is 1. The molecule has 0 spiro atoms. The van der Waals surface area contributed by atoms with Crippen molar-refractivity contribution in [3.05, 3.63) is 28.2 Å². The van der Waals surface area contributed by atoms with Crippen LogP contribution < -0.4 is 10.5 Å². The standard InChI is InChI=1S/C13H18BrNO/c1-9(8-15)11-3-2-6-16-13-5-4-10(14)7-12(11)13/h4-5,7,9,11H,2-3,6,8,15H2,1H3. The smallest absolute Gasteiger partial charge is 0.122 e. The molecular weight excluding hydrogens is 266 g/mol. The van der Waals surface area contributed by atoms with Gasteiger partial charge in [-0.05, 0) is 55.0 Å². The third-order valence-electron chi connectivity index (χ3n) is 3.35. The van der Waals surface area contributed by atoms with E-state index in [1.54, 1.807) is 0 Å². The Morgan fingerprint density at radius 3 is 3.12 bits per heavy atom. The lowest BCUT2D eigenvalue weighted by Crippen LogP contribution is -2.19. The number of halogens is 1. The third kappa shape index (κ3) is 2.41. The maximum Gasteiger partial charge on any atom is 0.122 e. The Bertz CT molecular complexity index is 367. The summed E-state index contributed by atoms with van der Waals surface area (Å²) in [5.74, 6) is 2.07. The van der Waals surface area contributed by atoms with Crippen LogP contribution in [0.25, 0.3) is 0 Å². The first-order valence-electron chi connectivity index (χ1n) is 5.84. The zero-order valence-electron chi connectivity index (χ0n) is 9.58. The first kappa shape index (κ1) is 11.9. The maximum atomic E-state index is 5.80. The van der Waals surface area contributed by atoms with Crippen LogP contribution in [0.5, 0.6) is 5.75 Å². The highest BCUT2D eigenvalue weighted by atomic mass is 79.9. The Morgan fingerprint density at radius 1 is 1.56 bits per heavy atom. The Morgan fingerprint density at radius 2 is 2.38 bits per heavy atom. The van der Waals surface area contributed by atoms with Crippen LogP contribution in [0, 0.1) is 5.92 Å². The maximum absolute atomic E-state index is 5.80. The second kappa shape index (κ2) is 5.19. The minimum absolute atomic E-state index is 0.509. The lowest BCUT2D eigenvalue weighted by atomic mass is 9.84. The zero-order chi connectivity index (χ0) is 11.5. The fourth-order valence-corrected chi connectivity index (χ4v) is 2.72. The van der Waals surface area contributed by atoms with E-state index in [1.807, 2.05) is 6.07 Å². The molecule has 2 atom stereocenters. The molecule has 1 aliphatic heterocycles. The molecule has 1 heterocycles. The van der Waals surface area contributed by atoms with Crippen molar-refractivity contribution >= 4 is 15.9 Å². The molecule has 0 aromatic heterocycles.